The number of nitrogens with one attached hydrogen (secondary N) is 2. The van der Waals surface area contributed by atoms with Gasteiger partial charge in [-0.2, -0.15) is 0 Å². The summed E-state index contributed by atoms with van der Waals surface area (Å²) in [5.41, 5.74) is 2.19. The molecular formula is C28H33FN4O2S. The van der Waals surface area contributed by atoms with E-state index >= 15 is 0 Å². The van der Waals surface area contributed by atoms with Crippen molar-refractivity contribution in [1.82, 2.24) is 14.9 Å². The number of aromatic nitrogens is 2. The van der Waals surface area contributed by atoms with Crippen molar-refractivity contribution < 1.29 is 9.13 Å². The number of hydrogen-bond donors (Lipinski definition) is 2. The number of methoxy groups -OCH3 is 1. The molecule has 1 heterocycles. The zero-order valence-corrected chi connectivity index (χ0v) is 22.0. The Morgan fingerprint density at radius 1 is 1.25 bits per heavy atom. The molecule has 0 unspecified atom stereocenters. The van der Waals surface area contributed by atoms with Crippen LogP contribution in [0.5, 0.6) is 5.75 Å². The molecule has 0 amide bonds. The van der Waals surface area contributed by atoms with Crippen LogP contribution in [-0.2, 0) is 13.0 Å². The fourth-order valence-electron chi connectivity index (χ4n) is 6.17. The normalized spacial score (nSPS) is 24.1. The minimum Gasteiger partial charge on any atom is -0.497 e. The third-order valence-electron chi connectivity index (χ3n) is 8.64. The van der Waals surface area contributed by atoms with Gasteiger partial charge in [0, 0.05) is 24.3 Å². The lowest BCUT2D eigenvalue weighted by Gasteiger charge is -2.62. The van der Waals surface area contributed by atoms with E-state index < -0.39 is 0 Å². The van der Waals surface area contributed by atoms with Gasteiger partial charge in [-0.1, -0.05) is 26.8 Å². The van der Waals surface area contributed by atoms with Crippen LogP contribution in [-0.4, -0.2) is 27.8 Å². The zero-order chi connectivity index (χ0) is 25.6. The van der Waals surface area contributed by atoms with Gasteiger partial charge < -0.3 is 15.4 Å². The Kier molecular flexibility index (Phi) is 6.49. The summed E-state index contributed by atoms with van der Waals surface area (Å²) in [4.78, 5) is 17.5. The molecule has 3 fully saturated rings. The maximum atomic E-state index is 14.3. The molecule has 6 rings (SSSR count). The van der Waals surface area contributed by atoms with Gasteiger partial charge in [0.15, 0.2) is 5.11 Å². The second kappa shape index (κ2) is 9.47. The van der Waals surface area contributed by atoms with Gasteiger partial charge in [0.1, 0.15) is 11.6 Å². The summed E-state index contributed by atoms with van der Waals surface area (Å²) >= 11 is 5.61. The molecule has 3 aliphatic rings. The number of ether oxygens (including phenoxy) is 1. The number of anilines is 1. The van der Waals surface area contributed by atoms with Crippen LogP contribution in [0.2, 0.25) is 0 Å². The summed E-state index contributed by atoms with van der Waals surface area (Å²) in [6, 6.07) is 10.6. The number of aryl methyl sites for hydroxylation is 2. The van der Waals surface area contributed by atoms with Gasteiger partial charge in [-0.25, -0.2) is 9.37 Å². The van der Waals surface area contributed by atoms with E-state index in [0.717, 1.165) is 23.9 Å². The van der Waals surface area contributed by atoms with Crippen molar-refractivity contribution >= 4 is 33.9 Å². The second-order valence-electron chi connectivity index (χ2n) is 10.8. The molecule has 0 spiro atoms. The van der Waals surface area contributed by atoms with Gasteiger partial charge in [-0.15, -0.1) is 0 Å². The monoisotopic (exact) mass is 508 g/mol. The number of nitrogens with zero attached hydrogens (tertiary/aromatic N) is 2. The van der Waals surface area contributed by atoms with Crippen LogP contribution in [0.15, 0.2) is 47.5 Å². The van der Waals surface area contributed by atoms with Crippen LogP contribution < -0.4 is 20.9 Å². The lowest BCUT2D eigenvalue weighted by Crippen LogP contribution is -2.61. The first-order valence-electron chi connectivity index (χ1n) is 12.6. The van der Waals surface area contributed by atoms with Crippen LogP contribution in [0, 0.1) is 29.0 Å². The molecule has 1 aromatic heterocycles. The van der Waals surface area contributed by atoms with E-state index in [2.05, 4.69) is 36.4 Å². The quantitative estimate of drug-likeness (QED) is 0.449. The molecule has 0 saturated heterocycles. The third-order valence-corrected chi connectivity index (χ3v) is 8.86. The summed E-state index contributed by atoms with van der Waals surface area (Å²) < 4.78 is 20.8. The smallest absolute Gasteiger partial charge is 0.261 e. The Morgan fingerprint density at radius 2 is 2.06 bits per heavy atom. The highest BCUT2D eigenvalue weighted by atomic mass is 32.1. The highest BCUT2D eigenvalue weighted by Gasteiger charge is 2.56. The van der Waals surface area contributed by atoms with Crippen LogP contribution in [0.3, 0.4) is 0 Å². The molecule has 6 nitrogen and oxygen atoms in total. The molecule has 2 aromatic carbocycles. The van der Waals surface area contributed by atoms with E-state index in [4.69, 9.17) is 17.0 Å². The van der Waals surface area contributed by atoms with E-state index in [1.54, 1.807) is 18.2 Å². The average molecular weight is 509 g/mol. The molecule has 4 atom stereocenters. The molecule has 3 saturated carbocycles. The first-order valence-corrected chi connectivity index (χ1v) is 13.0. The maximum absolute atomic E-state index is 14.3. The van der Waals surface area contributed by atoms with Crippen LogP contribution in [0.25, 0.3) is 10.9 Å². The Hall–Kier alpha value is -3.00. The van der Waals surface area contributed by atoms with Crippen molar-refractivity contribution in [2.45, 2.75) is 52.6 Å². The SMILES string of the molecule is COc1ccc(CCn2cnc3cc(NC(=S)N[C@H]4C[C@@H]5C[C@@H]([C@H]4C)C5(C)C)ccc3c2=O)c(F)c1. The van der Waals surface area contributed by atoms with Crippen molar-refractivity contribution in [1.29, 1.82) is 0 Å². The van der Waals surface area contributed by atoms with E-state index in [0.29, 0.717) is 57.7 Å². The van der Waals surface area contributed by atoms with Gasteiger partial charge >= 0.3 is 0 Å². The first kappa shape index (κ1) is 24.7. The highest BCUT2D eigenvalue weighted by Crippen LogP contribution is 2.61. The average Bonchev–Trinajstić information content (AvgIpc) is 2.85. The van der Waals surface area contributed by atoms with Crippen molar-refractivity contribution in [2.24, 2.45) is 23.2 Å². The number of benzene rings is 2. The van der Waals surface area contributed by atoms with Crippen LogP contribution >= 0.6 is 12.2 Å². The van der Waals surface area contributed by atoms with Gasteiger partial charge in [0.2, 0.25) is 0 Å². The Labute approximate surface area is 216 Å². The van der Waals surface area contributed by atoms with Crippen molar-refractivity contribution in [3.63, 3.8) is 0 Å². The summed E-state index contributed by atoms with van der Waals surface area (Å²) in [6.07, 6.45) is 4.37. The molecule has 8 heteroatoms. The van der Waals surface area contributed by atoms with Crippen LogP contribution in [0.4, 0.5) is 10.1 Å². The predicted octanol–water partition coefficient (Wildman–Crippen LogP) is 5.14. The number of thiocarbonyl (C=S) groups is 1. The van der Waals surface area contributed by atoms with Crippen molar-refractivity contribution in [3.05, 3.63) is 64.5 Å². The lowest BCUT2D eigenvalue weighted by molar-refractivity contribution is -0.111. The number of hydrogen-bond acceptors (Lipinski definition) is 4. The van der Waals surface area contributed by atoms with E-state index in [1.165, 1.54) is 30.5 Å². The summed E-state index contributed by atoms with van der Waals surface area (Å²) in [5, 5.41) is 7.90. The van der Waals surface area contributed by atoms with E-state index in [-0.39, 0.29) is 11.4 Å². The second-order valence-corrected chi connectivity index (χ2v) is 11.3. The summed E-state index contributed by atoms with van der Waals surface area (Å²) in [6.45, 7) is 7.44. The molecule has 3 aliphatic carbocycles. The van der Waals surface area contributed by atoms with E-state index in [9.17, 15) is 9.18 Å². The van der Waals surface area contributed by atoms with Gasteiger partial charge in [0.25, 0.3) is 5.56 Å². The van der Waals surface area contributed by atoms with Crippen LogP contribution in [0.1, 0.15) is 39.2 Å². The molecule has 0 aliphatic heterocycles. The maximum Gasteiger partial charge on any atom is 0.261 e. The fourth-order valence-corrected chi connectivity index (χ4v) is 6.44. The van der Waals surface area contributed by atoms with Gasteiger partial charge in [0.05, 0.1) is 24.3 Å². The van der Waals surface area contributed by atoms with Gasteiger partial charge in [-0.05, 0) is 84.5 Å². The predicted molar refractivity (Wildman–Crippen MR) is 145 cm³/mol. The molecule has 0 radical (unpaired) electrons. The molecule has 2 bridgehead atoms. The zero-order valence-electron chi connectivity index (χ0n) is 21.2. The molecule has 2 N–H and O–H groups in total. The standard InChI is InChI=1S/C28H33FN4O2S/c1-16-22-11-18(28(22,2)3)12-24(16)32-27(36)31-19-6-8-21-25(13-19)30-15-33(26(21)34)10-9-17-5-7-20(35-4)14-23(17)29/h5-8,13-16,18,22,24H,9-12H2,1-4H3,(H2,31,32,36)/t16-,18+,22+,24+/m1/s1. The Morgan fingerprint density at radius 3 is 2.75 bits per heavy atom. The minimum atomic E-state index is -0.347. The van der Waals surface area contributed by atoms with Crippen molar-refractivity contribution in [2.75, 3.05) is 12.4 Å². The minimum absolute atomic E-state index is 0.154. The first-order chi connectivity index (χ1) is 17.2. The largest absolute Gasteiger partial charge is 0.497 e. The Balaban J connectivity index is 1.24. The summed E-state index contributed by atoms with van der Waals surface area (Å²) in [7, 11) is 1.50. The Bertz CT molecular complexity index is 1370. The highest BCUT2D eigenvalue weighted by molar-refractivity contribution is 7.80. The van der Waals surface area contributed by atoms with E-state index in [1.807, 2.05) is 12.1 Å². The van der Waals surface area contributed by atoms with Gasteiger partial charge in [-0.3, -0.25) is 9.36 Å². The van der Waals surface area contributed by atoms with Crippen molar-refractivity contribution in [3.8, 4) is 5.75 Å². The molecular weight excluding hydrogens is 475 g/mol. The number of rotatable bonds is 6. The number of fused-ring (bicyclic) bond motifs is 3. The lowest BCUT2D eigenvalue weighted by atomic mass is 9.45. The topological polar surface area (TPSA) is 68.2 Å². The summed E-state index contributed by atoms with van der Waals surface area (Å²) in [5.74, 6) is 2.19. The number of halogens is 1. The molecule has 36 heavy (non-hydrogen) atoms. The molecule has 190 valence electrons. The molecule has 3 aromatic rings. The third kappa shape index (κ3) is 4.47. The fraction of sp³-hybridized carbons (Fsp3) is 0.464.